The second-order valence-electron chi connectivity index (χ2n) is 9.41. The number of halogens is 4. The summed E-state index contributed by atoms with van der Waals surface area (Å²) in [5.41, 5.74) is 1.45. The van der Waals surface area contributed by atoms with Crippen LogP contribution in [0.4, 0.5) is 17.6 Å². The quantitative estimate of drug-likeness (QED) is 0.204. The summed E-state index contributed by atoms with van der Waals surface area (Å²) >= 11 is 0. The number of benzene rings is 4. The molecule has 0 unspecified atom stereocenters. The minimum absolute atomic E-state index is 0.0869. The van der Waals surface area contributed by atoms with Crippen LogP contribution in [0, 0.1) is 5.82 Å². The molecule has 0 aliphatic heterocycles. The van der Waals surface area contributed by atoms with Crippen LogP contribution in [-0.4, -0.2) is 28.8 Å². The van der Waals surface area contributed by atoms with E-state index in [1.54, 1.807) is 60.3 Å². The Hall–Kier alpha value is -4.86. The summed E-state index contributed by atoms with van der Waals surface area (Å²) in [7, 11) is 1.54. The van der Waals surface area contributed by atoms with Gasteiger partial charge >= 0.3 is 6.18 Å². The van der Waals surface area contributed by atoms with Gasteiger partial charge in [0.05, 0.1) is 36.1 Å². The van der Waals surface area contributed by atoms with Crippen molar-refractivity contribution in [3.05, 3.63) is 120 Å². The van der Waals surface area contributed by atoms with Crippen LogP contribution >= 0.6 is 0 Å². The molecule has 0 radical (unpaired) electrons. The van der Waals surface area contributed by atoms with Gasteiger partial charge in [-0.15, -0.1) is 0 Å². The number of nitrogens with one attached hydrogen (secondary N) is 1. The van der Waals surface area contributed by atoms with Crippen molar-refractivity contribution in [2.24, 2.45) is 0 Å². The molecule has 4 aromatic carbocycles. The monoisotopic (exact) mass is 563 g/mol. The maximum absolute atomic E-state index is 13.4. The first-order valence-corrected chi connectivity index (χ1v) is 12.6. The van der Waals surface area contributed by atoms with E-state index in [0.29, 0.717) is 22.7 Å². The number of hydrogen-bond acceptors (Lipinski definition) is 4. The minimum Gasteiger partial charge on any atom is -0.497 e. The molecule has 5 rings (SSSR count). The highest BCUT2D eigenvalue weighted by atomic mass is 19.4. The second-order valence-corrected chi connectivity index (χ2v) is 9.41. The first kappa shape index (κ1) is 27.7. The van der Waals surface area contributed by atoms with Crippen LogP contribution in [0.1, 0.15) is 34.5 Å². The highest BCUT2D eigenvalue weighted by molar-refractivity contribution is 5.94. The molecule has 10 heteroatoms. The zero-order valence-electron chi connectivity index (χ0n) is 22.0. The fourth-order valence-electron chi connectivity index (χ4n) is 4.47. The number of methoxy groups -OCH3 is 1. The average molecular weight is 564 g/mol. The molecule has 0 aliphatic carbocycles. The van der Waals surface area contributed by atoms with Crippen molar-refractivity contribution in [1.82, 2.24) is 15.1 Å². The SMILES string of the molecule is COc1cccc([C@H](Oc2ccc3c(cnn3-c3ccc(F)cc3)c2)[C@H](C)NC(=O)c2ccc(C(F)(F)F)cc2)c1. The molecule has 2 atom stereocenters. The van der Waals surface area contributed by atoms with Crippen LogP contribution in [0.25, 0.3) is 16.6 Å². The lowest BCUT2D eigenvalue weighted by molar-refractivity contribution is -0.137. The van der Waals surface area contributed by atoms with Crippen molar-refractivity contribution < 1.29 is 31.8 Å². The summed E-state index contributed by atoms with van der Waals surface area (Å²) in [5, 5.41) is 8.04. The molecule has 0 spiro atoms. The number of hydrogen-bond donors (Lipinski definition) is 1. The topological polar surface area (TPSA) is 65.4 Å². The number of amides is 1. The molecule has 1 amide bonds. The van der Waals surface area contributed by atoms with Crippen molar-refractivity contribution in [2.45, 2.75) is 25.2 Å². The first-order valence-electron chi connectivity index (χ1n) is 12.6. The van der Waals surface area contributed by atoms with Gasteiger partial charge in [0.15, 0.2) is 0 Å². The van der Waals surface area contributed by atoms with Gasteiger partial charge in [-0.3, -0.25) is 4.79 Å². The Balaban J connectivity index is 1.41. The van der Waals surface area contributed by atoms with Crippen molar-refractivity contribution in [3.8, 4) is 17.2 Å². The largest absolute Gasteiger partial charge is 0.497 e. The van der Waals surface area contributed by atoms with E-state index >= 15 is 0 Å². The van der Waals surface area contributed by atoms with E-state index in [-0.39, 0.29) is 11.4 Å². The number of aromatic nitrogens is 2. The summed E-state index contributed by atoms with van der Waals surface area (Å²) in [6, 6.07) is 22.0. The van der Waals surface area contributed by atoms with E-state index in [0.717, 1.165) is 35.2 Å². The van der Waals surface area contributed by atoms with Gasteiger partial charge in [0.25, 0.3) is 5.91 Å². The predicted octanol–water partition coefficient (Wildman–Crippen LogP) is 7.13. The summed E-state index contributed by atoms with van der Waals surface area (Å²) in [5.74, 6) is 0.204. The zero-order chi connectivity index (χ0) is 29.1. The molecule has 0 fully saturated rings. The third-order valence-corrected chi connectivity index (χ3v) is 6.58. The van der Waals surface area contributed by atoms with Crippen LogP contribution in [0.15, 0.2) is 97.2 Å². The van der Waals surface area contributed by atoms with Gasteiger partial charge in [-0.1, -0.05) is 12.1 Å². The molecule has 0 saturated heterocycles. The van der Waals surface area contributed by atoms with Crippen LogP contribution in [0.2, 0.25) is 0 Å². The lowest BCUT2D eigenvalue weighted by Gasteiger charge is -2.27. The Morgan fingerprint density at radius 2 is 1.66 bits per heavy atom. The summed E-state index contributed by atoms with van der Waals surface area (Å²) < 4.78 is 65.7. The number of alkyl halides is 3. The van der Waals surface area contributed by atoms with E-state index in [1.807, 2.05) is 12.1 Å². The Kier molecular flexibility index (Phi) is 7.65. The van der Waals surface area contributed by atoms with Gasteiger partial charge < -0.3 is 14.8 Å². The van der Waals surface area contributed by atoms with E-state index < -0.39 is 29.8 Å². The molecule has 1 aromatic heterocycles. The van der Waals surface area contributed by atoms with Crippen molar-refractivity contribution in [1.29, 1.82) is 0 Å². The summed E-state index contributed by atoms with van der Waals surface area (Å²) in [6.07, 6.45) is -3.51. The number of fused-ring (bicyclic) bond motifs is 1. The van der Waals surface area contributed by atoms with Crippen LogP contribution < -0.4 is 14.8 Å². The highest BCUT2D eigenvalue weighted by Gasteiger charge is 2.30. The van der Waals surface area contributed by atoms with E-state index in [2.05, 4.69) is 10.4 Å². The van der Waals surface area contributed by atoms with Crippen LogP contribution in [0.3, 0.4) is 0 Å². The summed E-state index contributed by atoms with van der Waals surface area (Å²) in [4.78, 5) is 13.0. The maximum Gasteiger partial charge on any atom is 0.416 e. The fraction of sp³-hybridized carbons (Fsp3) is 0.161. The number of rotatable bonds is 8. The van der Waals surface area contributed by atoms with E-state index in [1.165, 1.54) is 19.2 Å². The Bertz CT molecular complexity index is 1670. The molecule has 1 heterocycles. The first-order chi connectivity index (χ1) is 19.6. The zero-order valence-corrected chi connectivity index (χ0v) is 22.0. The molecule has 0 aliphatic rings. The molecule has 1 N–H and O–H groups in total. The van der Waals surface area contributed by atoms with Gasteiger partial charge in [0, 0.05) is 10.9 Å². The molecule has 5 aromatic rings. The lowest BCUT2D eigenvalue weighted by Crippen LogP contribution is -2.39. The molecule has 210 valence electrons. The number of carbonyl (C=O) groups is 1. The second kappa shape index (κ2) is 11.3. The lowest BCUT2D eigenvalue weighted by atomic mass is 10.0. The minimum atomic E-state index is -4.50. The van der Waals surface area contributed by atoms with Gasteiger partial charge in [-0.05, 0) is 91.3 Å². The molecule has 6 nitrogen and oxygen atoms in total. The summed E-state index contributed by atoms with van der Waals surface area (Å²) in [6.45, 7) is 1.75. The van der Waals surface area contributed by atoms with Crippen molar-refractivity contribution in [2.75, 3.05) is 7.11 Å². The maximum atomic E-state index is 13.4. The predicted molar refractivity (Wildman–Crippen MR) is 146 cm³/mol. The fourth-order valence-corrected chi connectivity index (χ4v) is 4.47. The van der Waals surface area contributed by atoms with Crippen LogP contribution in [-0.2, 0) is 6.18 Å². The standard InChI is InChI=1S/C31H25F4N3O3/c1-19(37-30(39)20-6-8-23(9-7-20)31(33,34)35)29(21-4-3-5-26(16-21)40-2)41-27-14-15-28-22(17-27)18-36-38(28)25-12-10-24(32)11-13-25/h3-19,29H,1-2H3,(H,37,39)/t19-,29+/m0/s1. The molecule has 0 bridgehead atoms. The smallest absolute Gasteiger partial charge is 0.416 e. The molecule has 0 saturated carbocycles. The third-order valence-electron chi connectivity index (χ3n) is 6.58. The third kappa shape index (κ3) is 6.16. The Morgan fingerprint density at radius 1 is 0.927 bits per heavy atom. The number of nitrogens with zero attached hydrogens (tertiary/aromatic N) is 2. The molecular weight excluding hydrogens is 538 g/mol. The average Bonchev–Trinajstić information content (AvgIpc) is 3.39. The Labute approximate surface area is 233 Å². The number of ether oxygens (including phenoxy) is 2. The van der Waals surface area contributed by atoms with Gasteiger partial charge in [-0.2, -0.15) is 18.3 Å². The van der Waals surface area contributed by atoms with E-state index in [9.17, 15) is 22.4 Å². The Morgan fingerprint density at radius 3 is 2.34 bits per heavy atom. The van der Waals surface area contributed by atoms with Gasteiger partial charge in [0.1, 0.15) is 23.4 Å². The van der Waals surface area contributed by atoms with Gasteiger partial charge in [0.2, 0.25) is 0 Å². The van der Waals surface area contributed by atoms with Crippen LogP contribution in [0.5, 0.6) is 11.5 Å². The molecular formula is C31H25F4N3O3. The van der Waals surface area contributed by atoms with Crippen molar-refractivity contribution in [3.63, 3.8) is 0 Å². The van der Waals surface area contributed by atoms with E-state index in [4.69, 9.17) is 9.47 Å². The molecule has 41 heavy (non-hydrogen) atoms. The highest BCUT2D eigenvalue weighted by Crippen LogP contribution is 2.31. The van der Waals surface area contributed by atoms with Gasteiger partial charge in [-0.25, -0.2) is 9.07 Å². The van der Waals surface area contributed by atoms with Crippen molar-refractivity contribution >= 4 is 16.8 Å². The normalized spacial score (nSPS) is 13.0. The number of carbonyl (C=O) groups excluding carboxylic acids is 1.